The van der Waals surface area contributed by atoms with Gasteiger partial charge in [0.25, 0.3) is 0 Å². The van der Waals surface area contributed by atoms with Crippen molar-refractivity contribution in [3.8, 4) is 17.1 Å². The van der Waals surface area contributed by atoms with Crippen molar-refractivity contribution >= 4 is 0 Å². The monoisotopic (exact) mass is 363 g/mol. The van der Waals surface area contributed by atoms with Crippen molar-refractivity contribution < 1.29 is 22.4 Å². The molecule has 8 heteroatoms. The molecule has 0 fully saturated rings. The van der Waals surface area contributed by atoms with Crippen molar-refractivity contribution in [2.45, 2.75) is 19.5 Å². The highest BCUT2D eigenvalue weighted by atomic mass is 19.4. The van der Waals surface area contributed by atoms with Crippen LogP contribution in [0.1, 0.15) is 11.5 Å². The van der Waals surface area contributed by atoms with Gasteiger partial charge in [-0.25, -0.2) is 0 Å². The number of rotatable bonds is 6. The van der Waals surface area contributed by atoms with Crippen LogP contribution in [0.25, 0.3) is 11.4 Å². The van der Waals surface area contributed by atoms with Gasteiger partial charge in [0.05, 0.1) is 6.54 Å². The summed E-state index contributed by atoms with van der Waals surface area (Å²) >= 11 is 0. The molecule has 0 saturated heterocycles. The van der Waals surface area contributed by atoms with E-state index in [0.717, 1.165) is 5.56 Å². The normalized spacial score (nSPS) is 11.7. The number of benzene rings is 2. The Morgan fingerprint density at radius 1 is 1.00 bits per heavy atom. The Kier molecular flexibility index (Phi) is 5.22. The Morgan fingerprint density at radius 3 is 2.42 bits per heavy atom. The number of ether oxygens (including phenoxy) is 1. The summed E-state index contributed by atoms with van der Waals surface area (Å²) in [5, 5.41) is 3.93. The van der Waals surface area contributed by atoms with Crippen LogP contribution in [0.5, 0.6) is 5.75 Å². The Balaban J connectivity index is 1.67. The van der Waals surface area contributed by atoms with Gasteiger partial charge in [-0.05, 0) is 13.1 Å². The molecule has 0 saturated carbocycles. The third-order valence-corrected chi connectivity index (χ3v) is 3.54. The lowest BCUT2D eigenvalue weighted by Gasteiger charge is -2.18. The SMILES string of the molecule is CN(Cc1nc(-c2ccccc2)no1)Cc1ccccc1OC(F)(F)F. The third-order valence-electron chi connectivity index (χ3n) is 3.54. The average Bonchev–Trinajstić information content (AvgIpc) is 3.04. The standard InChI is InChI=1S/C18H16F3N3O2/c1-24(11-14-9-5-6-10-15(14)25-18(19,20)21)12-16-22-17(23-26-16)13-7-3-2-4-8-13/h2-10H,11-12H2,1H3. The van der Waals surface area contributed by atoms with Gasteiger partial charge in [0.1, 0.15) is 5.75 Å². The van der Waals surface area contributed by atoms with Crippen LogP contribution in [-0.4, -0.2) is 28.5 Å². The Hall–Kier alpha value is -2.87. The lowest BCUT2D eigenvalue weighted by atomic mass is 10.2. The summed E-state index contributed by atoms with van der Waals surface area (Å²) in [6.07, 6.45) is -4.73. The number of nitrogens with zero attached hydrogens (tertiary/aromatic N) is 3. The van der Waals surface area contributed by atoms with E-state index in [-0.39, 0.29) is 12.3 Å². The summed E-state index contributed by atoms with van der Waals surface area (Å²) in [5.74, 6) is 0.623. The fourth-order valence-corrected chi connectivity index (χ4v) is 2.46. The molecule has 0 radical (unpaired) electrons. The first-order valence-electron chi connectivity index (χ1n) is 7.81. The molecule has 0 spiro atoms. The minimum atomic E-state index is -4.73. The summed E-state index contributed by atoms with van der Waals surface area (Å²) in [7, 11) is 1.75. The predicted octanol–water partition coefficient (Wildman–Crippen LogP) is 4.27. The molecule has 0 amide bonds. The van der Waals surface area contributed by atoms with Crippen LogP contribution in [0, 0.1) is 0 Å². The molecule has 0 N–H and O–H groups in total. The topological polar surface area (TPSA) is 51.4 Å². The van der Waals surface area contributed by atoms with Crippen molar-refractivity contribution in [3.05, 3.63) is 66.1 Å². The van der Waals surface area contributed by atoms with E-state index in [1.165, 1.54) is 12.1 Å². The van der Waals surface area contributed by atoms with Crippen LogP contribution in [0.4, 0.5) is 13.2 Å². The zero-order chi connectivity index (χ0) is 18.6. The molecule has 3 aromatic rings. The minimum Gasteiger partial charge on any atom is -0.405 e. The summed E-state index contributed by atoms with van der Waals surface area (Å²) in [4.78, 5) is 6.08. The number of para-hydroxylation sites is 1. The molecule has 26 heavy (non-hydrogen) atoms. The molecule has 3 rings (SSSR count). The summed E-state index contributed by atoms with van der Waals surface area (Å²) in [6.45, 7) is 0.523. The number of hydrogen-bond acceptors (Lipinski definition) is 5. The summed E-state index contributed by atoms with van der Waals surface area (Å²) in [5.41, 5.74) is 1.24. The average molecular weight is 363 g/mol. The quantitative estimate of drug-likeness (QED) is 0.655. The maximum absolute atomic E-state index is 12.5. The fourth-order valence-electron chi connectivity index (χ4n) is 2.46. The molecule has 136 valence electrons. The van der Waals surface area contributed by atoms with Crippen molar-refractivity contribution in [1.29, 1.82) is 0 Å². The van der Waals surface area contributed by atoms with E-state index >= 15 is 0 Å². The number of halogens is 3. The summed E-state index contributed by atoms with van der Waals surface area (Å²) < 4.78 is 46.8. The largest absolute Gasteiger partial charge is 0.573 e. The summed E-state index contributed by atoms with van der Waals surface area (Å²) in [6, 6.07) is 15.4. The first-order valence-corrected chi connectivity index (χ1v) is 7.81. The van der Waals surface area contributed by atoms with Gasteiger partial charge in [-0.3, -0.25) is 4.90 Å². The van der Waals surface area contributed by atoms with Gasteiger partial charge < -0.3 is 9.26 Å². The second-order valence-electron chi connectivity index (χ2n) is 5.71. The Bertz CT molecular complexity index is 850. The Morgan fingerprint density at radius 2 is 1.69 bits per heavy atom. The molecule has 0 aliphatic rings. The van der Waals surface area contributed by atoms with Gasteiger partial charge in [-0.1, -0.05) is 53.7 Å². The second-order valence-corrected chi connectivity index (χ2v) is 5.71. The highest BCUT2D eigenvalue weighted by Crippen LogP contribution is 2.27. The molecule has 5 nitrogen and oxygen atoms in total. The van der Waals surface area contributed by atoms with Crippen molar-refractivity contribution in [3.63, 3.8) is 0 Å². The van der Waals surface area contributed by atoms with Crippen LogP contribution in [0.15, 0.2) is 59.1 Å². The van der Waals surface area contributed by atoms with Gasteiger partial charge in [0.15, 0.2) is 0 Å². The second kappa shape index (κ2) is 7.57. The van der Waals surface area contributed by atoms with Crippen molar-refractivity contribution in [2.24, 2.45) is 0 Å². The molecule has 0 aliphatic heterocycles. The molecule has 1 aromatic heterocycles. The molecule has 2 aromatic carbocycles. The van der Waals surface area contributed by atoms with Gasteiger partial charge in [0, 0.05) is 17.7 Å². The van der Waals surface area contributed by atoms with E-state index in [9.17, 15) is 13.2 Å². The first kappa shape index (κ1) is 17.9. The molecule has 0 atom stereocenters. The van der Waals surface area contributed by atoms with Crippen molar-refractivity contribution in [2.75, 3.05) is 7.05 Å². The van der Waals surface area contributed by atoms with E-state index in [0.29, 0.717) is 23.8 Å². The van der Waals surface area contributed by atoms with Crippen LogP contribution in [0.3, 0.4) is 0 Å². The number of hydrogen-bond donors (Lipinski definition) is 0. The van der Waals surface area contributed by atoms with Gasteiger partial charge in [0.2, 0.25) is 11.7 Å². The fraction of sp³-hybridized carbons (Fsp3) is 0.222. The lowest BCUT2D eigenvalue weighted by Crippen LogP contribution is -2.21. The molecule has 0 bridgehead atoms. The van der Waals surface area contributed by atoms with Crippen LogP contribution in [0.2, 0.25) is 0 Å². The molecular formula is C18H16F3N3O2. The maximum atomic E-state index is 12.5. The number of alkyl halides is 3. The zero-order valence-corrected chi connectivity index (χ0v) is 13.9. The van der Waals surface area contributed by atoms with Crippen LogP contribution < -0.4 is 4.74 Å². The third kappa shape index (κ3) is 4.82. The van der Waals surface area contributed by atoms with Gasteiger partial charge >= 0.3 is 6.36 Å². The van der Waals surface area contributed by atoms with Crippen LogP contribution in [-0.2, 0) is 13.1 Å². The van der Waals surface area contributed by atoms with E-state index in [4.69, 9.17) is 4.52 Å². The van der Waals surface area contributed by atoms with E-state index in [1.54, 1.807) is 24.1 Å². The lowest BCUT2D eigenvalue weighted by molar-refractivity contribution is -0.275. The smallest absolute Gasteiger partial charge is 0.405 e. The highest BCUT2D eigenvalue weighted by Gasteiger charge is 2.32. The highest BCUT2D eigenvalue weighted by molar-refractivity contribution is 5.53. The minimum absolute atomic E-state index is 0.220. The zero-order valence-electron chi connectivity index (χ0n) is 13.9. The Labute approximate surface area is 148 Å². The van der Waals surface area contributed by atoms with Crippen LogP contribution >= 0.6 is 0 Å². The molecule has 0 aliphatic carbocycles. The maximum Gasteiger partial charge on any atom is 0.573 e. The van der Waals surface area contributed by atoms with E-state index in [1.807, 2.05) is 30.3 Å². The first-order chi connectivity index (χ1) is 12.4. The van der Waals surface area contributed by atoms with Gasteiger partial charge in [-0.15, -0.1) is 13.2 Å². The van der Waals surface area contributed by atoms with E-state index in [2.05, 4.69) is 14.9 Å². The van der Waals surface area contributed by atoms with Gasteiger partial charge in [-0.2, -0.15) is 4.98 Å². The van der Waals surface area contributed by atoms with E-state index < -0.39 is 6.36 Å². The number of aromatic nitrogens is 2. The van der Waals surface area contributed by atoms with Crippen molar-refractivity contribution in [1.82, 2.24) is 15.0 Å². The molecule has 1 heterocycles. The predicted molar refractivity (Wildman–Crippen MR) is 88.0 cm³/mol. The molecular weight excluding hydrogens is 347 g/mol. The molecule has 0 unspecified atom stereocenters.